The number of imidazole rings is 1. The first-order valence-corrected chi connectivity index (χ1v) is 7.84. The van der Waals surface area contributed by atoms with Crippen molar-refractivity contribution in [1.29, 1.82) is 0 Å². The topological polar surface area (TPSA) is 72.2 Å². The molecule has 0 aromatic carbocycles. The third-order valence-electron chi connectivity index (χ3n) is 2.63. The van der Waals surface area contributed by atoms with Gasteiger partial charge in [0.25, 0.3) is 5.91 Å². The van der Waals surface area contributed by atoms with Crippen LogP contribution < -0.4 is 5.32 Å². The zero-order valence-electron chi connectivity index (χ0n) is 10.8. The molecule has 0 saturated carbocycles. The quantitative estimate of drug-likeness (QED) is 0.753. The van der Waals surface area contributed by atoms with E-state index in [1.807, 2.05) is 13.2 Å². The Hall–Kier alpha value is -1.93. The standard InChI is InChI=1S/C12H11N5OS2/c1-7-10(19-2)20-12(14-7)16-9(18)8-6-17-5-3-4-13-11(17)15-8/h3-6H,1-2H3,(H,14,16,18). The monoisotopic (exact) mass is 305 g/mol. The van der Waals surface area contributed by atoms with Gasteiger partial charge < -0.3 is 0 Å². The molecular formula is C12H11N5OS2. The number of nitrogens with zero attached hydrogens (tertiary/aromatic N) is 4. The zero-order valence-corrected chi connectivity index (χ0v) is 12.5. The lowest BCUT2D eigenvalue weighted by Crippen LogP contribution is -2.12. The van der Waals surface area contributed by atoms with Gasteiger partial charge in [-0.05, 0) is 19.2 Å². The van der Waals surface area contributed by atoms with Crippen molar-refractivity contribution in [3.8, 4) is 0 Å². The molecule has 0 aliphatic rings. The molecule has 1 N–H and O–H groups in total. The van der Waals surface area contributed by atoms with E-state index in [2.05, 4.69) is 20.3 Å². The molecule has 0 unspecified atom stereocenters. The van der Waals surface area contributed by atoms with Gasteiger partial charge >= 0.3 is 0 Å². The highest BCUT2D eigenvalue weighted by molar-refractivity contribution is 8.00. The van der Waals surface area contributed by atoms with Crippen LogP contribution in [0.1, 0.15) is 16.2 Å². The third-order valence-corrected chi connectivity index (χ3v) is 4.91. The predicted octanol–water partition coefficient (Wildman–Crippen LogP) is 2.47. The molecule has 0 aliphatic heterocycles. The SMILES string of the molecule is CSc1sc(NC(=O)c2cn3cccnc3n2)nc1C. The maximum absolute atomic E-state index is 12.1. The van der Waals surface area contributed by atoms with Gasteiger partial charge in [-0.25, -0.2) is 15.0 Å². The fraction of sp³-hybridized carbons (Fsp3) is 0.167. The summed E-state index contributed by atoms with van der Waals surface area (Å²) in [6.45, 7) is 1.92. The smallest absolute Gasteiger partial charge is 0.277 e. The van der Waals surface area contributed by atoms with Crippen LogP contribution in [0.15, 0.2) is 28.9 Å². The molecule has 0 atom stereocenters. The number of carbonyl (C=O) groups is 1. The van der Waals surface area contributed by atoms with Gasteiger partial charge in [-0.15, -0.1) is 11.8 Å². The van der Waals surface area contributed by atoms with Gasteiger partial charge in [-0.2, -0.15) is 0 Å². The fourth-order valence-corrected chi connectivity index (χ4v) is 3.33. The van der Waals surface area contributed by atoms with Crippen LogP contribution in [-0.4, -0.2) is 31.5 Å². The second-order valence-electron chi connectivity index (χ2n) is 4.00. The van der Waals surface area contributed by atoms with Crippen LogP contribution in [0.4, 0.5) is 5.13 Å². The first kappa shape index (κ1) is 13.1. The Balaban J connectivity index is 1.84. The highest BCUT2D eigenvalue weighted by Gasteiger charge is 2.14. The summed E-state index contributed by atoms with van der Waals surface area (Å²) in [7, 11) is 0. The number of aryl methyl sites for hydroxylation is 1. The molecule has 0 radical (unpaired) electrons. The third kappa shape index (κ3) is 2.39. The number of carbonyl (C=O) groups excluding carboxylic acids is 1. The lowest BCUT2D eigenvalue weighted by Gasteiger charge is -1.96. The molecule has 20 heavy (non-hydrogen) atoms. The number of aromatic nitrogens is 4. The highest BCUT2D eigenvalue weighted by atomic mass is 32.2. The number of rotatable bonds is 3. The molecule has 8 heteroatoms. The lowest BCUT2D eigenvalue weighted by atomic mass is 10.4. The van der Waals surface area contributed by atoms with E-state index in [4.69, 9.17) is 0 Å². The molecule has 0 bridgehead atoms. The van der Waals surface area contributed by atoms with Crippen molar-refractivity contribution in [1.82, 2.24) is 19.4 Å². The number of fused-ring (bicyclic) bond motifs is 1. The summed E-state index contributed by atoms with van der Waals surface area (Å²) < 4.78 is 2.80. The number of nitrogens with one attached hydrogen (secondary N) is 1. The molecular weight excluding hydrogens is 294 g/mol. The molecule has 3 aromatic rings. The Morgan fingerprint density at radius 3 is 3.00 bits per heavy atom. The minimum absolute atomic E-state index is 0.281. The van der Waals surface area contributed by atoms with Crippen LogP contribution >= 0.6 is 23.1 Å². The van der Waals surface area contributed by atoms with Gasteiger partial charge in [0.15, 0.2) is 5.13 Å². The number of thiazole rings is 1. The summed E-state index contributed by atoms with van der Waals surface area (Å²) in [4.78, 5) is 24.7. The summed E-state index contributed by atoms with van der Waals surface area (Å²) >= 11 is 3.08. The van der Waals surface area contributed by atoms with E-state index in [0.717, 1.165) is 9.90 Å². The highest BCUT2D eigenvalue weighted by Crippen LogP contribution is 2.30. The molecule has 6 nitrogen and oxygen atoms in total. The van der Waals surface area contributed by atoms with E-state index in [1.165, 1.54) is 11.3 Å². The van der Waals surface area contributed by atoms with Crippen molar-refractivity contribution in [2.45, 2.75) is 11.1 Å². The average molecular weight is 305 g/mol. The molecule has 0 spiro atoms. The van der Waals surface area contributed by atoms with Crippen molar-refractivity contribution in [2.75, 3.05) is 11.6 Å². The Morgan fingerprint density at radius 2 is 2.30 bits per heavy atom. The minimum Gasteiger partial charge on any atom is -0.296 e. The number of amides is 1. The van der Waals surface area contributed by atoms with E-state index in [-0.39, 0.29) is 5.91 Å². The molecule has 0 fully saturated rings. The van der Waals surface area contributed by atoms with Crippen molar-refractivity contribution < 1.29 is 4.79 Å². The van der Waals surface area contributed by atoms with Crippen molar-refractivity contribution >= 4 is 39.9 Å². The summed E-state index contributed by atoms with van der Waals surface area (Å²) in [5, 5.41) is 3.35. The molecule has 102 valence electrons. The fourth-order valence-electron chi connectivity index (χ4n) is 1.73. The zero-order chi connectivity index (χ0) is 14.1. The minimum atomic E-state index is -0.281. The molecule has 3 heterocycles. The van der Waals surface area contributed by atoms with Crippen LogP contribution in [0.5, 0.6) is 0 Å². The van der Waals surface area contributed by atoms with Crippen LogP contribution in [-0.2, 0) is 0 Å². The first-order valence-electron chi connectivity index (χ1n) is 5.80. The average Bonchev–Trinajstić information content (AvgIpc) is 3.01. The maximum Gasteiger partial charge on any atom is 0.277 e. The number of hydrogen-bond acceptors (Lipinski definition) is 6. The molecule has 3 rings (SSSR count). The number of thioether (sulfide) groups is 1. The van der Waals surface area contributed by atoms with Crippen LogP contribution in [0.25, 0.3) is 5.78 Å². The normalized spacial score (nSPS) is 10.9. The van der Waals surface area contributed by atoms with Gasteiger partial charge in [-0.3, -0.25) is 14.5 Å². The van der Waals surface area contributed by atoms with Crippen molar-refractivity contribution in [2.24, 2.45) is 0 Å². The summed E-state index contributed by atoms with van der Waals surface area (Å²) in [6, 6.07) is 1.78. The Bertz CT molecular complexity index is 746. The largest absolute Gasteiger partial charge is 0.296 e. The molecule has 1 amide bonds. The predicted molar refractivity (Wildman–Crippen MR) is 79.6 cm³/mol. The van der Waals surface area contributed by atoms with Crippen LogP contribution in [0.3, 0.4) is 0 Å². The second kappa shape index (κ2) is 5.22. The van der Waals surface area contributed by atoms with Gasteiger partial charge in [0.2, 0.25) is 5.78 Å². The van der Waals surface area contributed by atoms with Crippen molar-refractivity contribution in [3.63, 3.8) is 0 Å². The van der Waals surface area contributed by atoms with E-state index in [1.54, 1.807) is 40.8 Å². The van der Waals surface area contributed by atoms with E-state index in [9.17, 15) is 4.79 Å². The Kier molecular flexibility index (Phi) is 3.41. The van der Waals surface area contributed by atoms with Gasteiger partial charge in [0.05, 0.1) is 9.90 Å². The number of anilines is 1. The molecule has 0 saturated heterocycles. The first-order chi connectivity index (χ1) is 9.67. The van der Waals surface area contributed by atoms with Crippen molar-refractivity contribution in [3.05, 3.63) is 36.0 Å². The summed E-state index contributed by atoms with van der Waals surface area (Å²) in [6.07, 6.45) is 7.07. The molecule has 3 aromatic heterocycles. The van der Waals surface area contributed by atoms with Gasteiger partial charge in [-0.1, -0.05) is 11.3 Å². The van der Waals surface area contributed by atoms with Gasteiger partial charge in [0.1, 0.15) is 5.69 Å². The van der Waals surface area contributed by atoms with Crippen LogP contribution in [0, 0.1) is 6.92 Å². The van der Waals surface area contributed by atoms with E-state index in [0.29, 0.717) is 16.6 Å². The Labute approximate surface area is 123 Å². The molecule has 0 aliphatic carbocycles. The van der Waals surface area contributed by atoms with Gasteiger partial charge in [0, 0.05) is 18.6 Å². The van der Waals surface area contributed by atoms with E-state index >= 15 is 0 Å². The van der Waals surface area contributed by atoms with E-state index < -0.39 is 0 Å². The summed E-state index contributed by atoms with van der Waals surface area (Å²) in [5.74, 6) is 0.217. The second-order valence-corrected chi connectivity index (χ2v) is 6.08. The Morgan fingerprint density at radius 1 is 1.45 bits per heavy atom. The van der Waals surface area contributed by atoms with Crippen LogP contribution in [0.2, 0.25) is 0 Å². The lowest BCUT2D eigenvalue weighted by molar-refractivity contribution is 0.102. The summed E-state index contributed by atoms with van der Waals surface area (Å²) in [5.41, 5.74) is 1.25. The number of hydrogen-bond donors (Lipinski definition) is 1. The maximum atomic E-state index is 12.1.